The highest BCUT2D eigenvalue weighted by Crippen LogP contribution is 2.27. The van der Waals surface area contributed by atoms with Gasteiger partial charge in [0.1, 0.15) is 0 Å². The van der Waals surface area contributed by atoms with Gasteiger partial charge in [0.2, 0.25) is 0 Å². The van der Waals surface area contributed by atoms with Crippen molar-refractivity contribution in [3.8, 4) is 11.5 Å². The van der Waals surface area contributed by atoms with Crippen LogP contribution in [0.15, 0.2) is 23.2 Å². The molecule has 0 spiro atoms. The number of carbonyl (C=O) groups is 1. The Balaban J connectivity index is 2.97. The van der Waals surface area contributed by atoms with Crippen LogP contribution in [0, 0.1) is 0 Å². The first kappa shape index (κ1) is 14.0. The van der Waals surface area contributed by atoms with E-state index in [0.29, 0.717) is 29.6 Å². The number of rotatable bonds is 4. The summed E-state index contributed by atoms with van der Waals surface area (Å²) in [5.41, 5.74) is 0.423. The van der Waals surface area contributed by atoms with Crippen LogP contribution >= 0.6 is 0 Å². The lowest BCUT2D eigenvalue weighted by Gasteiger charge is -2.08. The molecule has 0 fully saturated rings. The molecule has 0 aliphatic heterocycles. The first-order valence-electron chi connectivity index (χ1n) is 5.56. The van der Waals surface area contributed by atoms with Crippen LogP contribution in [-0.4, -0.2) is 32.6 Å². The second-order valence-corrected chi connectivity index (χ2v) is 3.44. The molecular formula is C13H17NO4. The number of amides is 1. The molecule has 0 saturated heterocycles. The third kappa shape index (κ3) is 3.48. The van der Waals surface area contributed by atoms with Gasteiger partial charge in [0.15, 0.2) is 17.4 Å². The fraction of sp³-hybridized carbons (Fsp3) is 0.385. The third-order valence-corrected chi connectivity index (χ3v) is 2.24. The Hall–Kier alpha value is -2.04. The maximum Gasteiger partial charge on any atom is 0.280 e. The summed E-state index contributed by atoms with van der Waals surface area (Å²) >= 11 is 0. The third-order valence-electron chi connectivity index (χ3n) is 2.24. The van der Waals surface area contributed by atoms with Crippen LogP contribution in [0.5, 0.6) is 11.5 Å². The number of aliphatic imine (C=N–C) groups is 1. The molecule has 98 valence electrons. The SMILES string of the molecule is CCO/C(C)=N/C(=O)c1ccc(OC)c(OC)c1. The molecule has 18 heavy (non-hydrogen) atoms. The van der Waals surface area contributed by atoms with E-state index >= 15 is 0 Å². The normalized spacial score (nSPS) is 11.0. The van der Waals surface area contributed by atoms with E-state index in [4.69, 9.17) is 14.2 Å². The first-order chi connectivity index (χ1) is 8.62. The van der Waals surface area contributed by atoms with Crippen molar-refractivity contribution >= 4 is 11.8 Å². The maximum absolute atomic E-state index is 11.8. The molecule has 0 aliphatic rings. The second-order valence-electron chi connectivity index (χ2n) is 3.44. The monoisotopic (exact) mass is 251 g/mol. The average molecular weight is 251 g/mol. The highest BCUT2D eigenvalue weighted by molar-refractivity contribution is 6.01. The summed E-state index contributed by atoms with van der Waals surface area (Å²) in [7, 11) is 3.05. The van der Waals surface area contributed by atoms with E-state index in [1.807, 2.05) is 6.92 Å². The number of carbonyl (C=O) groups excluding carboxylic acids is 1. The molecule has 0 aliphatic carbocycles. The lowest BCUT2D eigenvalue weighted by molar-refractivity contribution is 0.0999. The lowest BCUT2D eigenvalue weighted by atomic mass is 10.2. The van der Waals surface area contributed by atoms with Crippen LogP contribution in [0.3, 0.4) is 0 Å². The van der Waals surface area contributed by atoms with E-state index < -0.39 is 0 Å². The molecular weight excluding hydrogens is 234 g/mol. The van der Waals surface area contributed by atoms with Crippen molar-refractivity contribution in [2.75, 3.05) is 20.8 Å². The number of nitrogens with zero attached hydrogens (tertiary/aromatic N) is 1. The zero-order valence-electron chi connectivity index (χ0n) is 11.0. The molecule has 1 aromatic rings. The fourth-order valence-corrected chi connectivity index (χ4v) is 1.42. The first-order valence-corrected chi connectivity index (χ1v) is 5.56. The fourth-order valence-electron chi connectivity index (χ4n) is 1.42. The number of benzene rings is 1. The Morgan fingerprint density at radius 2 is 1.89 bits per heavy atom. The second kappa shape index (κ2) is 6.64. The predicted octanol–water partition coefficient (Wildman–Crippen LogP) is 2.30. The van der Waals surface area contributed by atoms with Crippen molar-refractivity contribution in [2.45, 2.75) is 13.8 Å². The van der Waals surface area contributed by atoms with E-state index in [1.165, 1.54) is 14.2 Å². The molecule has 0 radical (unpaired) electrons. The van der Waals surface area contributed by atoms with Gasteiger partial charge in [-0.05, 0) is 25.1 Å². The summed E-state index contributed by atoms with van der Waals surface area (Å²) in [6.45, 7) is 3.95. The zero-order valence-corrected chi connectivity index (χ0v) is 11.0. The molecule has 1 rings (SSSR count). The Morgan fingerprint density at radius 3 is 2.44 bits per heavy atom. The minimum absolute atomic E-state index is 0.345. The van der Waals surface area contributed by atoms with Gasteiger partial charge in [-0.3, -0.25) is 4.79 Å². The Morgan fingerprint density at radius 1 is 1.22 bits per heavy atom. The highest BCUT2D eigenvalue weighted by atomic mass is 16.5. The summed E-state index contributed by atoms with van der Waals surface area (Å²) in [4.78, 5) is 15.7. The Kier molecular flexibility index (Phi) is 5.17. The average Bonchev–Trinajstić information content (AvgIpc) is 2.38. The molecule has 0 bridgehead atoms. The summed E-state index contributed by atoms with van der Waals surface area (Å²) < 4.78 is 15.3. The van der Waals surface area contributed by atoms with Gasteiger partial charge in [0, 0.05) is 12.5 Å². The Labute approximate surface area is 106 Å². The number of ether oxygens (including phenoxy) is 3. The molecule has 5 nitrogen and oxygen atoms in total. The van der Waals surface area contributed by atoms with Gasteiger partial charge in [-0.15, -0.1) is 0 Å². The van der Waals surface area contributed by atoms with Gasteiger partial charge in [-0.1, -0.05) is 0 Å². The van der Waals surface area contributed by atoms with E-state index in [2.05, 4.69) is 4.99 Å². The largest absolute Gasteiger partial charge is 0.493 e. The number of hydrogen-bond donors (Lipinski definition) is 0. The standard InChI is InChI=1S/C13H17NO4/c1-5-18-9(2)14-13(15)10-6-7-11(16-3)12(8-10)17-4/h6-8H,5H2,1-4H3/b14-9+. The van der Waals surface area contributed by atoms with Crippen LogP contribution < -0.4 is 9.47 Å². The van der Waals surface area contributed by atoms with Crippen molar-refractivity contribution < 1.29 is 19.0 Å². The molecule has 0 N–H and O–H groups in total. The van der Waals surface area contributed by atoms with Crippen LogP contribution in [0.2, 0.25) is 0 Å². The van der Waals surface area contributed by atoms with E-state index in [-0.39, 0.29) is 5.91 Å². The molecule has 0 saturated carbocycles. The zero-order chi connectivity index (χ0) is 13.5. The van der Waals surface area contributed by atoms with E-state index in [1.54, 1.807) is 25.1 Å². The van der Waals surface area contributed by atoms with Gasteiger partial charge < -0.3 is 14.2 Å². The van der Waals surface area contributed by atoms with Crippen molar-refractivity contribution in [1.82, 2.24) is 0 Å². The topological polar surface area (TPSA) is 57.1 Å². The molecule has 1 aromatic carbocycles. The molecule has 0 unspecified atom stereocenters. The predicted molar refractivity (Wildman–Crippen MR) is 68.6 cm³/mol. The summed E-state index contributed by atoms with van der Waals surface area (Å²) in [5.74, 6) is 1.03. The quantitative estimate of drug-likeness (QED) is 0.608. The van der Waals surface area contributed by atoms with Crippen LogP contribution in [0.4, 0.5) is 0 Å². The molecule has 1 amide bonds. The van der Waals surface area contributed by atoms with Crippen LogP contribution in [0.25, 0.3) is 0 Å². The van der Waals surface area contributed by atoms with E-state index in [9.17, 15) is 4.79 Å². The summed E-state index contributed by atoms with van der Waals surface area (Å²) in [5, 5.41) is 0. The van der Waals surface area contributed by atoms with Crippen molar-refractivity contribution in [3.63, 3.8) is 0 Å². The highest BCUT2D eigenvalue weighted by Gasteiger charge is 2.10. The van der Waals surface area contributed by atoms with Crippen LogP contribution in [-0.2, 0) is 4.74 Å². The minimum Gasteiger partial charge on any atom is -0.493 e. The smallest absolute Gasteiger partial charge is 0.280 e. The number of hydrogen-bond acceptors (Lipinski definition) is 4. The Bertz CT molecular complexity index is 454. The molecule has 0 atom stereocenters. The van der Waals surface area contributed by atoms with Gasteiger partial charge in [0.25, 0.3) is 5.91 Å². The van der Waals surface area contributed by atoms with Gasteiger partial charge in [-0.2, -0.15) is 4.99 Å². The minimum atomic E-state index is -0.373. The number of methoxy groups -OCH3 is 2. The summed E-state index contributed by atoms with van der Waals surface area (Å²) in [6, 6.07) is 4.88. The van der Waals surface area contributed by atoms with Gasteiger partial charge >= 0.3 is 0 Å². The molecule has 0 aromatic heterocycles. The summed E-state index contributed by atoms with van der Waals surface area (Å²) in [6.07, 6.45) is 0. The van der Waals surface area contributed by atoms with Crippen molar-refractivity contribution in [2.24, 2.45) is 4.99 Å². The van der Waals surface area contributed by atoms with Crippen LogP contribution in [0.1, 0.15) is 24.2 Å². The molecule has 5 heteroatoms. The lowest BCUT2D eigenvalue weighted by Crippen LogP contribution is -2.05. The van der Waals surface area contributed by atoms with E-state index in [0.717, 1.165) is 0 Å². The van der Waals surface area contributed by atoms with Gasteiger partial charge in [-0.25, -0.2) is 0 Å². The maximum atomic E-state index is 11.8. The van der Waals surface area contributed by atoms with Crippen molar-refractivity contribution in [1.29, 1.82) is 0 Å². The van der Waals surface area contributed by atoms with Gasteiger partial charge in [0.05, 0.1) is 20.8 Å². The van der Waals surface area contributed by atoms with Crippen molar-refractivity contribution in [3.05, 3.63) is 23.8 Å². The molecule has 0 heterocycles.